The molecule has 0 spiro atoms. The summed E-state index contributed by atoms with van der Waals surface area (Å²) < 4.78 is 0. The molecule has 1 aromatic rings. The van der Waals surface area contributed by atoms with E-state index in [1.807, 2.05) is 0 Å². The molecule has 1 aromatic carbocycles. The molecular weight excluding hydrogens is 266 g/mol. The molecule has 0 saturated heterocycles. The van der Waals surface area contributed by atoms with E-state index in [-0.39, 0.29) is 5.91 Å². The number of unbranched alkanes of at least 4 members (excludes halogenated alkanes) is 1. The first kappa shape index (κ1) is 17.1. The van der Waals surface area contributed by atoms with Gasteiger partial charge in [-0.3, -0.25) is 4.79 Å². The molecule has 1 amide bonds. The lowest BCUT2D eigenvalue weighted by atomic mass is 9.99. The molecule has 0 aliphatic rings. The number of carbonyl (C=O) groups is 1. The molecule has 0 aromatic heterocycles. The summed E-state index contributed by atoms with van der Waals surface area (Å²) in [7, 11) is 0. The zero-order valence-corrected chi connectivity index (χ0v) is 13.8. The van der Waals surface area contributed by atoms with Crippen molar-refractivity contribution in [3.8, 4) is 0 Å². The van der Waals surface area contributed by atoms with Crippen molar-refractivity contribution >= 4 is 17.7 Å². The summed E-state index contributed by atoms with van der Waals surface area (Å²) in [5.41, 5.74) is 1.25. The number of hydrogen-bond acceptors (Lipinski definition) is 2. The van der Waals surface area contributed by atoms with Crippen LogP contribution in [0.25, 0.3) is 0 Å². The molecular formula is C17H27NOS. The second-order valence-electron chi connectivity index (χ2n) is 5.32. The Morgan fingerprint density at radius 1 is 1.25 bits per heavy atom. The number of amides is 1. The van der Waals surface area contributed by atoms with Crippen LogP contribution in [0.15, 0.2) is 29.2 Å². The largest absolute Gasteiger partial charge is 0.355 e. The van der Waals surface area contributed by atoms with E-state index in [0.717, 1.165) is 17.9 Å². The van der Waals surface area contributed by atoms with Crippen LogP contribution >= 0.6 is 11.8 Å². The highest BCUT2D eigenvalue weighted by Crippen LogP contribution is 2.18. The van der Waals surface area contributed by atoms with Crippen molar-refractivity contribution in [3.63, 3.8) is 0 Å². The highest BCUT2D eigenvalue weighted by atomic mass is 32.2. The summed E-state index contributed by atoms with van der Waals surface area (Å²) in [6.07, 6.45) is 4.85. The van der Waals surface area contributed by atoms with E-state index < -0.39 is 0 Å². The predicted molar refractivity (Wildman–Crippen MR) is 88.2 cm³/mol. The first-order valence-corrected chi connectivity index (χ1v) is 8.60. The molecule has 0 aliphatic heterocycles. The number of thioether (sulfide) groups is 1. The van der Waals surface area contributed by atoms with Gasteiger partial charge in [0, 0.05) is 11.4 Å². The maximum Gasteiger partial charge on any atom is 0.230 e. The topological polar surface area (TPSA) is 29.1 Å². The zero-order chi connectivity index (χ0) is 14.8. The van der Waals surface area contributed by atoms with Crippen LogP contribution < -0.4 is 5.32 Å². The predicted octanol–water partition coefficient (Wildman–Crippen LogP) is 4.42. The van der Waals surface area contributed by atoms with Gasteiger partial charge in [0.05, 0.1) is 5.75 Å². The molecule has 1 N–H and O–H groups in total. The van der Waals surface area contributed by atoms with Crippen molar-refractivity contribution < 1.29 is 4.79 Å². The molecule has 0 heterocycles. The summed E-state index contributed by atoms with van der Waals surface area (Å²) >= 11 is 1.60. The van der Waals surface area contributed by atoms with Gasteiger partial charge in [0.15, 0.2) is 0 Å². The first-order valence-electron chi connectivity index (χ1n) is 7.61. The fourth-order valence-electron chi connectivity index (χ4n) is 2.04. The summed E-state index contributed by atoms with van der Waals surface area (Å²) in [5, 5.41) is 3.06. The van der Waals surface area contributed by atoms with E-state index in [4.69, 9.17) is 0 Å². The highest BCUT2D eigenvalue weighted by Gasteiger charge is 2.08. The molecule has 0 fully saturated rings. The number of nitrogens with one attached hydrogen (secondary N) is 1. The lowest BCUT2D eigenvalue weighted by Crippen LogP contribution is -2.30. The van der Waals surface area contributed by atoms with Crippen molar-refractivity contribution in [1.82, 2.24) is 5.32 Å². The minimum atomic E-state index is 0.144. The Balaban J connectivity index is 2.24. The van der Waals surface area contributed by atoms with Gasteiger partial charge in [0.1, 0.15) is 0 Å². The monoisotopic (exact) mass is 293 g/mol. The van der Waals surface area contributed by atoms with Gasteiger partial charge in [-0.25, -0.2) is 0 Å². The minimum absolute atomic E-state index is 0.144. The van der Waals surface area contributed by atoms with Gasteiger partial charge >= 0.3 is 0 Å². The fourth-order valence-corrected chi connectivity index (χ4v) is 2.76. The van der Waals surface area contributed by atoms with E-state index >= 15 is 0 Å². The lowest BCUT2D eigenvalue weighted by Gasteiger charge is -2.15. The smallest absolute Gasteiger partial charge is 0.230 e. The lowest BCUT2D eigenvalue weighted by molar-refractivity contribution is -0.118. The molecule has 20 heavy (non-hydrogen) atoms. The van der Waals surface area contributed by atoms with Gasteiger partial charge in [0.25, 0.3) is 0 Å². The van der Waals surface area contributed by atoms with Crippen molar-refractivity contribution in [1.29, 1.82) is 0 Å². The highest BCUT2D eigenvalue weighted by molar-refractivity contribution is 8.00. The Labute approximate surface area is 127 Å². The number of rotatable bonds is 9. The number of aryl methyl sites for hydroxylation is 1. The van der Waals surface area contributed by atoms with Gasteiger partial charge in [-0.05, 0) is 31.4 Å². The van der Waals surface area contributed by atoms with Crippen molar-refractivity contribution in [2.45, 2.75) is 51.3 Å². The molecule has 0 radical (unpaired) electrons. The van der Waals surface area contributed by atoms with Crippen molar-refractivity contribution in [2.75, 3.05) is 12.3 Å². The molecule has 0 unspecified atom stereocenters. The third kappa shape index (κ3) is 6.99. The second kappa shape index (κ2) is 9.87. The third-order valence-electron chi connectivity index (χ3n) is 3.52. The number of carbonyl (C=O) groups excluding carboxylic acids is 1. The molecule has 2 nitrogen and oxygen atoms in total. The van der Waals surface area contributed by atoms with E-state index in [1.165, 1.54) is 24.8 Å². The Kier molecular flexibility index (Phi) is 8.43. The van der Waals surface area contributed by atoms with Crippen LogP contribution in [0.1, 0.15) is 45.1 Å². The van der Waals surface area contributed by atoms with E-state index in [9.17, 15) is 4.79 Å². The minimum Gasteiger partial charge on any atom is -0.355 e. The molecule has 1 atom stereocenters. The van der Waals surface area contributed by atoms with Gasteiger partial charge in [-0.15, -0.1) is 11.8 Å². The second-order valence-corrected chi connectivity index (χ2v) is 6.37. The van der Waals surface area contributed by atoms with Gasteiger partial charge in [-0.2, -0.15) is 0 Å². The van der Waals surface area contributed by atoms with Crippen LogP contribution in [-0.2, 0) is 4.79 Å². The molecule has 1 rings (SSSR count). The standard InChI is InChI=1S/C17H27NOS/c1-4-6-7-15(5-2)12-18-17(19)13-20-16-10-8-14(3)9-11-16/h8-11,15H,4-7,12-13H2,1-3H3,(H,18,19)/t15-/m1/s1. The maximum absolute atomic E-state index is 11.8. The van der Waals surface area contributed by atoms with Crippen LogP contribution in [0.3, 0.4) is 0 Å². The van der Waals surface area contributed by atoms with E-state index in [2.05, 4.69) is 50.4 Å². The molecule has 0 saturated carbocycles. The third-order valence-corrected chi connectivity index (χ3v) is 4.53. The molecule has 0 aliphatic carbocycles. The Hall–Kier alpha value is -0.960. The average molecular weight is 293 g/mol. The Morgan fingerprint density at radius 3 is 2.55 bits per heavy atom. The Morgan fingerprint density at radius 2 is 1.95 bits per heavy atom. The van der Waals surface area contributed by atoms with Crippen LogP contribution in [0.4, 0.5) is 0 Å². The molecule has 0 bridgehead atoms. The summed E-state index contributed by atoms with van der Waals surface area (Å²) in [5.74, 6) is 1.28. The molecule has 3 heteroatoms. The van der Waals surface area contributed by atoms with Crippen LogP contribution in [0.2, 0.25) is 0 Å². The van der Waals surface area contributed by atoms with Crippen LogP contribution in [0.5, 0.6) is 0 Å². The number of hydrogen-bond donors (Lipinski definition) is 1. The van der Waals surface area contributed by atoms with Gasteiger partial charge < -0.3 is 5.32 Å². The molecule has 112 valence electrons. The van der Waals surface area contributed by atoms with Gasteiger partial charge in [-0.1, -0.05) is 50.8 Å². The van der Waals surface area contributed by atoms with Crippen molar-refractivity contribution in [2.24, 2.45) is 5.92 Å². The summed E-state index contributed by atoms with van der Waals surface area (Å²) in [6, 6.07) is 8.31. The maximum atomic E-state index is 11.8. The zero-order valence-electron chi connectivity index (χ0n) is 12.9. The SMILES string of the molecule is CCCC[C@@H](CC)CNC(=O)CSc1ccc(C)cc1. The fraction of sp³-hybridized carbons (Fsp3) is 0.588. The number of benzene rings is 1. The van der Waals surface area contributed by atoms with Crippen molar-refractivity contribution in [3.05, 3.63) is 29.8 Å². The van der Waals surface area contributed by atoms with Crippen LogP contribution in [-0.4, -0.2) is 18.2 Å². The van der Waals surface area contributed by atoms with E-state index in [0.29, 0.717) is 11.7 Å². The van der Waals surface area contributed by atoms with E-state index in [1.54, 1.807) is 11.8 Å². The normalized spacial score (nSPS) is 12.2. The Bertz CT molecular complexity index is 388. The van der Waals surface area contributed by atoms with Crippen LogP contribution in [0, 0.1) is 12.8 Å². The summed E-state index contributed by atoms with van der Waals surface area (Å²) in [6.45, 7) is 7.31. The summed E-state index contributed by atoms with van der Waals surface area (Å²) in [4.78, 5) is 13.0. The van der Waals surface area contributed by atoms with Gasteiger partial charge in [0.2, 0.25) is 5.91 Å². The average Bonchev–Trinajstić information content (AvgIpc) is 2.47. The quantitative estimate of drug-likeness (QED) is 0.683. The first-order chi connectivity index (χ1) is 9.65.